The third-order valence-corrected chi connectivity index (χ3v) is 10.4. The number of carbonyl (C=O) groups is 1. The molecule has 3 heterocycles. The number of aromatic amines is 1. The predicted octanol–water partition coefficient (Wildman–Crippen LogP) is 6.26. The first kappa shape index (κ1) is 28.4. The van der Waals surface area contributed by atoms with Gasteiger partial charge in [0.15, 0.2) is 0 Å². The van der Waals surface area contributed by atoms with Gasteiger partial charge in [0, 0.05) is 49.0 Å². The summed E-state index contributed by atoms with van der Waals surface area (Å²) in [7, 11) is -3.70. The molecule has 4 aromatic rings. The van der Waals surface area contributed by atoms with E-state index in [1.807, 2.05) is 24.3 Å². The summed E-state index contributed by atoms with van der Waals surface area (Å²) < 4.78 is 27.3. The highest BCUT2D eigenvalue weighted by molar-refractivity contribution is 7.91. The van der Waals surface area contributed by atoms with Crippen molar-refractivity contribution in [2.75, 3.05) is 18.1 Å². The third kappa shape index (κ3) is 6.22. The van der Waals surface area contributed by atoms with E-state index in [2.05, 4.69) is 25.3 Å². The molecular formula is C33H39N5O3S. The second-order valence-corrected chi connectivity index (χ2v) is 13.4. The molecule has 1 saturated heterocycles. The van der Waals surface area contributed by atoms with E-state index in [-0.39, 0.29) is 17.3 Å². The molecule has 1 aliphatic carbocycles. The highest BCUT2D eigenvalue weighted by atomic mass is 32.2. The lowest BCUT2D eigenvalue weighted by Gasteiger charge is -2.37. The molecular weight excluding hydrogens is 546 g/mol. The molecule has 2 aromatic heterocycles. The van der Waals surface area contributed by atoms with Gasteiger partial charge in [-0.2, -0.15) is 0 Å². The smallest absolute Gasteiger partial charge is 0.267 e. The maximum absolute atomic E-state index is 13.6. The molecule has 2 fully saturated rings. The van der Waals surface area contributed by atoms with Crippen molar-refractivity contribution in [3.05, 3.63) is 84.3 Å². The lowest BCUT2D eigenvalue weighted by Crippen LogP contribution is -2.44. The van der Waals surface area contributed by atoms with Crippen molar-refractivity contribution in [1.29, 1.82) is 0 Å². The topological polar surface area (TPSA) is 98.4 Å². The molecule has 2 aliphatic rings. The molecule has 1 saturated carbocycles. The summed E-state index contributed by atoms with van der Waals surface area (Å²) in [4.78, 5) is 20.4. The fourth-order valence-electron chi connectivity index (χ4n) is 6.30. The van der Waals surface area contributed by atoms with Gasteiger partial charge in [0.25, 0.3) is 5.91 Å². The Morgan fingerprint density at radius 2 is 1.64 bits per heavy atom. The maximum atomic E-state index is 13.6. The van der Waals surface area contributed by atoms with Crippen molar-refractivity contribution in [2.24, 2.45) is 0 Å². The number of hydrogen-bond acceptors (Lipinski definition) is 6. The lowest BCUT2D eigenvalue weighted by atomic mass is 10.0. The molecule has 1 amide bonds. The van der Waals surface area contributed by atoms with Gasteiger partial charge in [0.1, 0.15) is 5.69 Å². The van der Waals surface area contributed by atoms with Crippen molar-refractivity contribution < 1.29 is 13.2 Å². The second kappa shape index (κ2) is 12.7. The largest absolute Gasteiger partial charge is 0.350 e. The van der Waals surface area contributed by atoms with Crippen LogP contribution in [0.5, 0.6) is 0 Å². The van der Waals surface area contributed by atoms with E-state index in [0.717, 1.165) is 41.7 Å². The molecule has 0 spiro atoms. The van der Waals surface area contributed by atoms with Gasteiger partial charge in [-0.25, -0.2) is 13.4 Å². The Labute approximate surface area is 248 Å². The predicted molar refractivity (Wildman–Crippen MR) is 165 cm³/mol. The molecule has 1 aliphatic heterocycles. The van der Waals surface area contributed by atoms with Crippen LogP contribution in [-0.2, 0) is 16.4 Å². The summed E-state index contributed by atoms with van der Waals surface area (Å²) in [5.41, 5.74) is 3.07. The lowest BCUT2D eigenvalue weighted by molar-refractivity contribution is 0.0946. The summed E-state index contributed by atoms with van der Waals surface area (Å²) >= 11 is 0. The number of anilines is 1. The first-order chi connectivity index (χ1) is 20.5. The summed E-state index contributed by atoms with van der Waals surface area (Å²) in [6, 6.07) is 18.3. The Morgan fingerprint density at radius 1 is 0.881 bits per heavy atom. The molecule has 0 atom stereocenters. The van der Waals surface area contributed by atoms with Crippen LogP contribution in [0.1, 0.15) is 73.8 Å². The molecule has 0 bridgehead atoms. The Balaban J connectivity index is 1.13. The number of amides is 1. The van der Waals surface area contributed by atoms with Gasteiger partial charge >= 0.3 is 0 Å². The van der Waals surface area contributed by atoms with Crippen LogP contribution < -0.4 is 10.3 Å². The van der Waals surface area contributed by atoms with Crippen LogP contribution in [0, 0.1) is 0 Å². The first-order valence-corrected chi connectivity index (χ1v) is 16.7. The zero-order valence-electron chi connectivity index (χ0n) is 24.0. The van der Waals surface area contributed by atoms with E-state index in [1.54, 1.807) is 48.8 Å². The van der Waals surface area contributed by atoms with E-state index >= 15 is 0 Å². The number of carbonyl (C=O) groups excluding carboxylic acids is 1. The molecule has 2 aromatic carbocycles. The Bertz CT molecular complexity index is 1590. The minimum absolute atomic E-state index is 0.231. The number of aromatic nitrogens is 2. The molecule has 9 heteroatoms. The van der Waals surface area contributed by atoms with Gasteiger partial charge in [-0.05, 0) is 67.3 Å². The number of sulfone groups is 1. The summed E-state index contributed by atoms with van der Waals surface area (Å²) in [5.74, 6) is -0.231. The zero-order chi connectivity index (χ0) is 28.9. The fraction of sp³-hybridized carbons (Fsp3) is 0.394. The van der Waals surface area contributed by atoms with Crippen LogP contribution in [0.15, 0.2) is 82.8 Å². The van der Waals surface area contributed by atoms with Gasteiger partial charge in [-0.3, -0.25) is 9.78 Å². The van der Waals surface area contributed by atoms with Crippen LogP contribution in [0.3, 0.4) is 0 Å². The fourth-order valence-corrected chi connectivity index (χ4v) is 7.60. The summed E-state index contributed by atoms with van der Waals surface area (Å²) in [6.45, 7) is 2.22. The van der Waals surface area contributed by atoms with Gasteiger partial charge in [-0.15, -0.1) is 0 Å². The number of fused-ring (bicyclic) bond motifs is 1. The number of rotatable bonds is 7. The van der Waals surface area contributed by atoms with Crippen molar-refractivity contribution in [3.8, 4) is 0 Å². The van der Waals surface area contributed by atoms with Crippen molar-refractivity contribution in [1.82, 2.24) is 20.3 Å². The number of hydrazine groups is 1. The second-order valence-electron chi connectivity index (χ2n) is 11.5. The average Bonchev–Trinajstić information content (AvgIpc) is 3.70. The standard InChI is InChI=1S/C33H39N5O3S/c39-33(32-21-26-24-34-18-17-31(26)36-32)35-23-25-13-15-29(16-14-25)42(40,41)30-12-7-11-28(22-30)38-20-8-19-37(38)27-9-5-3-1-2-4-6-10-27/h7,11-18,21-22,24,27,36H,1-6,8-10,19-20,23H2,(H,35,39). The molecule has 220 valence electrons. The quantitative estimate of drug-likeness (QED) is 0.266. The Hall–Kier alpha value is -3.69. The third-order valence-electron chi connectivity index (χ3n) is 8.59. The van der Waals surface area contributed by atoms with Crippen molar-refractivity contribution >= 4 is 32.3 Å². The number of nitrogens with one attached hydrogen (secondary N) is 2. The van der Waals surface area contributed by atoms with Gasteiger partial charge in [0.2, 0.25) is 9.84 Å². The molecule has 0 radical (unpaired) electrons. The Morgan fingerprint density at radius 3 is 2.40 bits per heavy atom. The number of nitrogens with zero attached hydrogens (tertiary/aromatic N) is 3. The van der Waals surface area contributed by atoms with E-state index in [4.69, 9.17) is 0 Å². The van der Waals surface area contributed by atoms with E-state index < -0.39 is 9.84 Å². The number of benzene rings is 2. The molecule has 0 unspecified atom stereocenters. The maximum Gasteiger partial charge on any atom is 0.267 e. The molecule has 2 N–H and O–H groups in total. The first-order valence-electron chi connectivity index (χ1n) is 15.2. The zero-order valence-corrected chi connectivity index (χ0v) is 24.8. The normalized spacial score (nSPS) is 17.6. The van der Waals surface area contributed by atoms with E-state index in [9.17, 15) is 13.2 Å². The average molecular weight is 586 g/mol. The number of H-pyrrole nitrogens is 1. The SMILES string of the molecule is O=C(NCc1ccc(S(=O)(=O)c2cccc(N3CCCN3C3CCCCCCCC3)c2)cc1)c1cc2cnccc2[nH]1. The van der Waals surface area contributed by atoms with Crippen LogP contribution in [0.4, 0.5) is 5.69 Å². The van der Waals surface area contributed by atoms with Crippen LogP contribution in [0.25, 0.3) is 10.9 Å². The number of hydrogen-bond donors (Lipinski definition) is 2. The monoisotopic (exact) mass is 585 g/mol. The van der Waals surface area contributed by atoms with Crippen molar-refractivity contribution in [2.45, 2.75) is 80.2 Å². The minimum Gasteiger partial charge on any atom is -0.350 e. The number of pyridine rings is 1. The van der Waals surface area contributed by atoms with Crippen LogP contribution >= 0.6 is 0 Å². The van der Waals surface area contributed by atoms with Crippen LogP contribution in [-0.4, -0.2) is 48.4 Å². The van der Waals surface area contributed by atoms with Gasteiger partial charge in [-0.1, -0.05) is 56.7 Å². The molecule has 8 nitrogen and oxygen atoms in total. The minimum atomic E-state index is -3.70. The van der Waals surface area contributed by atoms with Crippen LogP contribution in [0.2, 0.25) is 0 Å². The van der Waals surface area contributed by atoms with Crippen molar-refractivity contribution in [3.63, 3.8) is 0 Å². The van der Waals surface area contributed by atoms with E-state index in [1.165, 1.54) is 51.4 Å². The summed E-state index contributed by atoms with van der Waals surface area (Å²) in [5, 5.41) is 8.59. The van der Waals surface area contributed by atoms with E-state index in [0.29, 0.717) is 16.6 Å². The summed E-state index contributed by atoms with van der Waals surface area (Å²) in [6.07, 6.45) is 14.7. The highest BCUT2D eigenvalue weighted by Crippen LogP contribution is 2.31. The molecule has 42 heavy (non-hydrogen) atoms. The van der Waals surface area contributed by atoms with Gasteiger partial charge < -0.3 is 15.3 Å². The highest BCUT2D eigenvalue weighted by Gasteiger charge is 2.30. The van der Waals surface area contributed by atoms with Gasteiger partial charge in [0.05, 0.1) is 15.5 Å². The Kier molecular flexibility index (Phi) is 8.58. The molecule has 6 rings (SSSR count).